The zero-order valence-corrected chi connectivity index (χ0v) is 18.3. The van der Waals surface area contributed by atoms with Gasteiger partial charge in [0, 0.05) is 11.1 Å². The summed E-state index contributed by atoms with van der Waals surface area (Å²) in [5, 5.41) is 13.1. The summed E-state index contributed by atoms with van der Waals surface area (Å²) < 4.78 is 11.1. The van der Waals surface area contributed by atoms with Gasteiger partial charge in [-0.25, -0.2) is 4.79 Å². The van der Waals surface area contributed by atoms with Gasteiger partial charge >= 0.3 is 11.9 Å². The Balaban J connectivity index is 1.50. The number of aryl methyl sites for hydroxylation is 1. The Hall–Kier alpha value is -4.19. The van der Waals surface area contributed by atoms with Crippen LogP contribution in [0.2, 0.25) is 0 Å². The van der Waals surface area contributed by atoms with Crippen LogP contribution in [0.5, 0.6) is 0 Å². The quantitative estimate of drug-likeness (QED) is 0.361. The molecule has 33 heavy (non-hydrogen) atoms. The Morgan fingerprint density at radius 1 is 0.909 bits per heavy atom. The molecule has 1 N–H and O–H groups in total. The number of hydrogen-bond acceptors (Lipinski definition) is 5. The van der Waals surface area contributed by atoms with Gasteiger partial charge in [0.25, 0.3) is 0 Å². The van der Waals surface area contributed by atoms with E-state index in [0.29, 0.717) is 17.0 Å². The van der Waals surface area contributed by atoms with Crippen molar-refractivity contribution < 1.29 is 24.0 Å². The molecule has 1 heterocycles. The molecule has 0 radical (unpaired) electrons. The highest BCUT2D eigenvalue weighted by Crippen LogP contribution is 2.30. The third-order valence-electron chi connectivity index (χ3n) is 5.50. The topological polar surface area (TPSA) is 89.6 Å². The molecule has 3 aromatic carbocycles. The number of nitrogens with zero attached hydrogens (tertiary/aromatic N) is 1. The summed E-state index contributed by atoms with van der Waals surface area (Å²) in [4.78, 5) is 23.7. The van der Waals surface area contributed by atoms with Crippen molar-refractivity contribution in [2.45, 2.75) is 26.4 Å². The molecule has 6 nitrogen and oxygen atoms in total. The Kier molecular flexibility index (Phi) is 6.36. The predicted octanol–water partition coefficient (Wildman–Crippen LogP) is 5.86. The number of ether oxygens (including phenoxy) is 1. The van der Waals surface area contributed by atoms with Gasteiger partial charge in [-0.15, -0.1) is 0 Å². The molecule has 0 amide bonds. The van der Waals surface area contributed by atoms with E-state index in [-0.39, 0.29) is 24.1 Å². The lowest BCUT2D eigenvalue weighted by atomic mass is 9.99. The van der Waals surface area contributed by atoms with Gasteiger partial charge in [-0.3, -0.25) is 4.79 Å². The molecule has 4 aromatic rings. The van der Waals surface area contributed by atoms with E-state index in [1.807, 2.05) is 61.5 Å². The monoisotopic (exact) mass is 441 g/mol. The van der Waals surface area contributed by atoms with Crippen LogP contribution in [-0.4, -0.2) is 22.2 Å². The number of rotatable bonds is 7. The summed E-state index contributed by atoms with van der Waals surface area (Å²) in [6.45, 7) is 3.64. The van der Waals surface area contributed by atoms with Gasteiger partial charge in [0.05, 0.1) is 17.7 Å². The number of hydrogen-bond donors (Lipinski definition) is 1. The molecule has 1 aromatic heterocycles. The molecule has 1 atom stereocenters. The van der Waals surface area contributed by atoms with Crippen molar-refractivity contribution in [2.24, 2.45) is 0 Å². The lowest BCUT2D eigenvalue weighted by Gasteiger charge is -2.13. The number of carboxylic acid groups (broad SMARTS) is 1. The van der Waals surface area contributed by atoms with Crippen LogP contribution in [0.1, 0.15) is 40.2 Å². The molecule has 0 saturated carbocycles. The fraction of sp³-hybridized carbons (Fsp3) is 0.148. The lowest BCUT2D eigenvalue weighted by Crippen LogP contribution is -2.12. The number of esters is 1. The number of aromatic carboxylic acids is 1. The Bertz CT molecular complexity index is 1260. The molecule has 0 fully saturated rings. The van der Waals surface area contributed by atoms with E-state index in [1.165, 1.54) is 0 Å². The molecule has 0 bridgehead atoms. The standard InChI is InChI=1S/C27H23NO5/c1-17-24(16-25(29)32-18(2)19-6-4-3-5-7-19)26(33-28-17)22-12-8-20(9-13-22)21-10-14-23(15-11-21)27(30)31/h3-15,18H,16H2,1-2H3,(H,30,31)/t18-/m1/s1. The molecule has 6 heteroatoms. The highest BCUT2D eigenvalue weighted by atomic mass is 16.5. The van der Waals surface area contributed by atoms with Gasteiger partial charge in [0.2, 0.25) is 0 Å². The molecule has 0 unspecified atom stereocenters. The van der Waals surface area contributed by atoms with E-state index < -0.39 is 5.97 Å². The van der Waals surface area contributed by atoms with Gasteiger partial charge in [0.1, 0.15) is 6.10 Å². The number of benzene rings is 3. The van der Waals surface area contributed by atoms with E-state index in [2.05, 4.69) is 5.16 Å². The van der Waals surface area contributed by atoms with Crippen molar-refractivity contribution in [3.63, 3.8) is 0 Å². The van der Waals surface area contributed by atoms with E-state index in [0.717, 1.165) is 22.3 Å². The molecule has 0 aliphatic carbocycles. The Labute approximate surface area is 191 Å². The van der Waals surface area contributed by atoms with E-state index in [1.54, 1.807) is 31.2 Å². The number of aromatic nitrogens is 1. The fourth-order valence-electron chi connectivity index (χ4n) is 3.62. The van der Waals surface area contributed by atoms with Crippen molar-refractivity contribution in [2.75, 3.05) is 0 Å². The van der Waals surface area contributed by atoms with Crippen molar-refractivity contribution in [3.05, 3.63) is 101 Å². The summed E-state index contributed by atoms with van der Waals surface area (Å²) >= 11 is 0. The summed E-state index contributed by atoms with van der Waals surface area (Å²) in [7, 11) is 0. The van der Waals surface area contributed by atoms with Gasteiger partial charge < -0.3 is 14.4 Å². The first-order valence-corrected chi connectivity index (χ1v) is 10.6. The molecule has 0 spiro atoms. The SMILES string of the molecule is Cc1noc(-c2ccc(-c3ccc(C(=O)O)cc3)cc2)c1CC(=O)O[C@H](C)c1ccccc1. The van der Waals surface area contributed by atoms with Crippen LogP contribution in [0.3, 0.4) is 0 Å². The van der Waals surface area contributed by atoms with Crippen LogP contribution in [0.4, 0.5) is 0 Å². The van der Waals surface area contributed by atoms with Crippen LogP contribution in [-0.2, 0) is 16.0 Å². The second-order valence-electron chi connectivity index (χ2n) is 7.76. The molecular weight excluding hydrogens is 418 g/mol. The Morgan fingerprint density at radius 3 is 2.09 bits per heavy atom. The third kappa shape index (κ3) is 5.01. The van der Waals surface area contributed by atoms with Crippen molar-refractivity contribution in [1.82, 2.24) is 5.16 Å². The average Bonchev–Trinajstić information content (AvgIpc) is 3.19. The molecule has 0 aliphatic heterocycles. The maximum absolute atomic E-state index is 12.6. The smallest absolute Gasteiger partial charge is 0.335 e. The van der Waals surface area contributed by atoms with E-state index in [9.17, 15) is 9.59 Å². The van der Waals surface area contributed by atoms with Crippen LogP contribution >= 0.6 is 0 Å². The number of carbonyl (C=O) groups is 2. The molecular formula is C27H23NO5. The second kappa shape index (κ2) is 9.53. The highest BCUT2D eigenvalue weighted by molar-refractivity contribution is 5.88. The van der Waals surface area contributed by atoms with E-state index in [4.69, 9.17) is 14.4 Å². The van der Waals surface area contributed by atoms with Gasteiger partial charge in [-0.05, 0) is 42.7 Å². The first-order valence-electron chi connectivity index (χ1n) is 10.6. The molecule has 0 aliphatic rings. The maximum Gasteiger partial charge on any atom is 0.335 e. The molecule has 166 valence electrons. The summed E-state index contributed by atoms with van der Waals surface area (Å²) in [6, 6.07) is 23.9. The summed E-state index contributed by atoms with van der Waals surface area (Å²) in [5.74, 6) is -0.777. The van der Waals surface area contributed by atoms with Crippen molar-refractivity contribution >= 4 is 11.9 Å². The Morgan fingerprint density at radius 2 is 1.48 bits per heavy atom. The van der Waals surface area contributed by atoms with Crippen LogP contribution in [0, 0.1) is 6.92 Å². The third-order valence-corrected chi connectivity index (χ3v) is 5.50. The second-order valence-corrected chi connectivity index (χ2v) is 7.76. The van der Waals surface area contributed by atoms with Gasteiger partial charge in [-0.1, -0.05) is 71.9 Å². The lowest BCUT2D eigenvalue weighted by molar-refractivity contribution is -0.147. The predicted molar refractivity (Wildman–Crippen MR) is 124 cm³/mol. The van der Waals surface area contributed by atoms with Gasteiger partial charge in [-0.2, -0.15) is 0 Å². The van der Waals surface area contributed by atoms with Gasteiger partial charge in [0.15, 0.2) is 5.76 Å². The molecule has 0 saturated heterocycles. The zero-order chi connectivity index (χ0) is 23.4. The minimum Gasteiger partial charge on any atom is -0.478 e. The van der Waals surface area contributed by atoms with E-state index >= 15 is 0 Å². The number of carboxylic acids is 1. The largest absolute Gasteiger partial charge is 0.478 e. The number of carbonyl (C=O) groups excluding carboxylic acids is 1. The average molecular weight is 441 g/mol. The first kappa shape index (κ1) is 22.0. The van der Waals surface area contributed by atoms with Crippen LogP contribution in [0.15, 0.2) is 83.4 Å². The van der Waals surface area contributed by atoms with Crippen molar-refractivity contribution in [1.29, 1.82) is 0 Å². The normalized spacial score (nSPS) is 11.7. The fourth-order valence-corrected chi connectivity index (χ4v) is 3.62. The van der Waals surface area contributed by atoms with Crippen molar-refractivity contribution in [3.8, 4) is 22.5 Å². The zero-order valence-electron chi connectivity index (χ0n) is 18.3. The minimum atomic E-state index is -0.957. The molecule has 4 rings (SSSR count). The van der Waals surface area contributed by atoms with Crippen LogP contribution < -0.4 is 0 Å². The minimum absolute atomic E-state index is 0.0558. The maximum atomic E-state index is 12.6. The van der Waals surface area contributed by atoms with Crippen LogP contribution in [0.25, 0.3) is 22.5 Å². The first-order chi connectivity index (χ1) is 15.9. The summed E-state index contributed by atoms with van der Waals surface area (Å²) in [6.07, 6.45) is -0.297. The highest BCUT2D eigenvalue weighted by Gasteiger charge is 2.20. The summed E-state index contributed by atoms with van der Waals surface area (Å²) in [5.41, 5.74) is 5.14.